The number of aliphatic hydroxyl groups is 1. The fraction of sp³-hybridized carbons (Fsp3) is 0.897. The summed E-state index contributed by atoms with van der Waals surface area (Å²) in [5, 5.41) is 19.4. The Morgan fingerprint density at radius 2 is 1.24 bits per heavy atom. The Kier molecular flexibility index (Phi) is 16.8. The first-order chi connectivity index (χ1) is 17.1. The van der Waals surface area contributed by atoms with Crippen LogP contribution in [0.5, 0.6) is 0 Å². The fourth-order valence-electron chi connectivity index (χ4n) is 4.18. The van der Waals surface area contributed by atoms with Crippen molar-refractivity contribution in [2.45, 2.75) is 150 Å². The van der Waals surface area contributed by atoms with Crippen molar-refractivity contribution in [3.05, 3.63) is 0 Å². The van der Waals surface area contributed by atoms with Crippen LogP contribution < -0.4 is 16.0 Å². The Morgan fingerprint density at radius 1 is 0.757 bits per heavy atom. The summed E-state index contributed by atoms with van der Waals surface area (Å²) in [6.45, 7) is 18.9. The maximum atomic E-state index is 13.3. The minimum atomic E-state index is -0.853. The summed E-state index contributed by atoms with van der Waals surface area (Å²) in [7, 11) is 0. The molecule has 0 saturated heterocycles. The molecule has 0 spiro atoms. The van der Waals surface area contributed by atoms with Gasteiger partial charge in [-0.2, -0.15) is 0 Å². The van der Waals surface area contributed by atoms with Crippen LogP contribution in [0.25, 0.3) is 0 Å². The first-order valence-corrected chi connectivity index (χ1v) is 14.4. The molecule has 3 unspecified atom stereocenters. The molecule has 4 atom stereocenters. The number of amides is 3. The van der Waals surface area contributed by atoms with Gasteiger partial charge in [0, 0.05) is 0 Å². The molecule has 0 aromatic rings. The molecule has 218 valence electrons. The molecule has 0 aliphatic rings. The van der Waals surface area contributed by atoms with E-state index in [1.165, 1.54) is 19.3 Å². The largest absolute Gasteiger partial charge is 0.444 e. The van der Waals surface area contributed by atoms with E-state index in [0.717, 1.165) is 19.3 Å². The maximum absolute atomic E-state index is 13.3. The van der Waals surface area contributed by atoms with E-state index in [4.69, 9.17) is 4.74 Å². The third-order valence-corrected chi connectivity index (χ3v) is 6.24. The highest BCUT2D eigenvalue weighted by Gasteiger charge is 2.33. The standard InChI is InChI=1S/C29H57N3O5/c1-11-12-13-14-15-16-17-23(33)22(18-19(2)3)30-26(34)24(20(4)5)31-27(35)25(21(6)7)32-28(36)37-29(8,9)10/h19-25,33H,11-18H2,1-10H3,(H,30,34)(H,31,35)(H,32,36)/t22-,23?,24?,25?/m0/s1. The molecular weight excluding hydrogens is 470 g/mol. The van der Waals surface area contributed by atoms with Gasteiger partial charge in [0.15, 0.2) is 0 Å². The number of ether oxygens (including phenoxy) is 1. The van der Waals surface area contributed by atoms with Crippen LogP contribution in [-0.2, 0) is 14.3 Å². The molecule has 3 amide bonds. The van der Waals surface area contributed by atoms with Gasteiger partial charge in [0.2, 0.25) is 11.8 Å². The first kappa shape index (κ1) is 35.2. The Hall–Kier alpha value is -1.83. The van der Waals surface area contributed by atoms with Gasteiger partial charge < -0.3 is 25.8 Å². The van der Waals surface area contributed by atoms with Gasteiger partial charge in [0.1, 0.15) is 17.7 Å². The Balaban J connectivity index is 5.29. The number of nitrogens with one attached hydrogen (secondary N) is 3. The lowest BCUT2D eigenvalue weighted by molar-refractivity contribution is -0.132. The zero-order valence-electron chi connectivity index (χ0n) is 25.3. The van der Waals surface area contributed by atoms with Gasteiger partial charge in [-0.25, -0.2) is 4.79 Å². The molecule has 0 aliphatic carbocycles. The monoisotopic (exact) mass is 527 g/mol. The lowest BCUT2D eigenvalue weighted by Gasteiger charge is -2.31. The number of rotatable bonds is 17. The highest BCUT2D eigenvalue weighted by Crippen LogP contribution is 2.16. The molecule has 0 aromatic heterocycles. The van der Waals surface area contributed by atoms with E-state index in [-0.39, 0.29) is 23.8 Å². The van der Waals surface area contributed by atoms with Gasteiger partial charge in [-0.05, 0) is 51.4 Å². The predicted molar refractivity (Wildman–Crippen MR) is 150 cm³/mol. The topological polar surface area (TPSA) is 117 Å². The van der Waals surface area contributed by atoms with Crippen LogP contribution in [0.4, 0.5) is 4.79 Å². The zero-order valence-corrected chi connectivity index (χ0v) is 25.3. The van der Waals surface area contributed by atoms with E-state index in [9.17, 15) is 19.5 Å². The third-order valence-electron chi connectivity index (χ3n) is 6.24. The van der Waals surface area contributed by atoms with Crippen molar-refractivity contribution >= 4 is 17.9 Å². The van der Waals surface area contributed by atoms with Crippen LogP contribution in [0.2, 0.25) is 0 Å². The van der Waals surface area contributed by atoms with Gasteiger partial charge in [-0.3, -0.25) is 9.59 Å². The van der Waals surface area contributed by atoms with Crippen LogP contribution in [0.15, 0.2) is 0 Å². The van der Waals surface area contributed by atoms with E-state index < -0.39 is 35.8 Å². The van der Waals surface area contributed by atoms with Crippen molar-refractivity contribution in [2.75, 3.05) is 0 Å². The second-order valence-corrected chi connectivity index (χ2v) is 12.5. The minimum absolute atomic E-state index is 0.186. The zero-order chi connectivity index (χ0) is 28.8. The lowest BCUT2D eigenvalue weighted by atomic mass is 9.94. The quantitative estimate of drug-likeness (QED) is 0.191. The highest BCUT2D eigenvalue weighted by molar-refractivity contribution is 5.91. The SMILES string of the molecule is CCCCCCCCC(O)[C@H](CC(C)C)NC(=O)C(NC(=O)C(NC(=O)OC(C)(C)C)C(C)C)C(C)C. The third kappa shape index (κ3) is 15.9. The minimum Gasteiger partial charge on any atom is -0.444 e. The molecule has 8 heteroatoms. The van der Waals surface area contributed by atoms with Crippen LogP contribution in [-0.4, -0.2) is 52.8 Å². The lowest BCUT2D eigenvalue weighted by Crippen LogP contribution is -2.59. The summed E-state index contributed by atoms with van der Waals surface area (Å²) in [5.74, 6) is -0.872. The number of carbonyl (C=O) groups is 3. The number of aliphatic hydroxyl groups excluding tert-OH is 1. The number of hydrogen-bond acceptors (Lipinski definition) is 5. The molecule has 0 saturated carbocycles. The van der Waals surface area contributed by atoms with Crippen LogP contribution >= 0.6 is 0 Å². The van der Waals surface area contributed by atoms with Crippen LogP contribution in [0, 0.1) is 17.8 Å². The van der Waals surface area contributed by atoms with Gasteiger partial charge in [0.05, 0.1) is 12.1 Å². The molecule has 0 aromatic carbocycles. The number of hydrogen-bond donors (Lipinski definition) is 4. The average Bonchev–Trinajstić information content (AvgIpc) is 2.75. The van der Waals surface area contributed by atoms with E-state index in [0.29, 0.717) is 18.8 Å². The summed E-state index contributed by atoms with van der Waals surface area (Å²) >= 11 is 0. The van der Waals surface area contributed by atoms with Gasteiger partial charge >= 0.3 is 6.09 Å². The van der Waals surface area contributed by atoms with Crippen molar-refractivity contribution in [3.63, 3.8) is 0 Å². The van der Waals surface area contributed by atoms with E-state index in [1.807, 2.05) is 27.7 Å². The summed E-state index contributed by atoms with van der Waals surface area (Å²) < 4.78 is 5.31. The Morgan fingerprint density at radius 3 is 1.73 bits per heavy atom. The summed E-state index contributed by atoms with van der Waals surface area (Å²) in [6, 6.07) is -2.04. The Bertz CT molecular complexity index is 673. The van der Waals surface area contributed by atoms with Crippen molar-refractivity contribution < 1.29 is 24.2 Å². The predicted octanol–water partition coefficient (Wildman–Crippen LogP) is 5.32. The van der Waals surface area contributed by atoms with Crippen LogP contribution in [0.1, 0.15) is 121 Å². The van der Waals surface area contributed by atoms with Crippen molar-refractivity contribution in [1.29, 1.82) is 0 Å². The molecule has 0 fully saturated rings. The second-order valence-electron chi connectivity index (χ2n) is 12.5. The van der Waals surface area contributed by atoms with E-state index in [2.05, 4.69) is 36.7 Å². The number of unbranched alkanes of at least 4 members (excludes halogenated alkanes) is 5. The molecule has 0 aliphatic heterocycles. The average molecular weight is 528 g/mol. The summed E-state index contributed by atoms with van der Waals surface area (Å²) in [4.78, 5) is 38.8. The Labute approximate surface area is 226 Å². The molecular formula is C29H57N3O5. The van der Waals surface area contributed by atoms with E-state index >= 15 is 0 Å². The number of alkyl carbamates (subject to hydrolysis) is 1. The molecule has 4 N–H and O–H groups in total. The normalized spacial score (nSPS) is 15.3. The number of carbonyl (C=O) groups excluding carboxylic acids is 3. The van der Waals surface area contributed by atoms with Gasteiger partial charge in [0.25, 0.3) is 0 Å². The fourth-order valence-corrected chi connectivity index (χ4v) is 4.18. The molecule has 0 bridgehead atoms. The first-order valence-electron chi connectivity index (χ1n) is 14.4. The van der Waals surface area contributed by atoms with Crippen molar-refractivity contribution in [1.82, 2.24) is 16.0 Å². The molecule has 8 nitrogen and oxygen atoms in total. The smallest absolute Gasteiger partial charge is 0.408 e. The second kappa shape index (κ2) is 17.6. The van der Waals surface area contributed by atoms with Crippen molar-refractivity contribution in [3.8, 4) is 0 Å². The van der Waals surface area contributed by atoms with Crippen molar-refractivity contribution in [2.24, 2.45) is 17.8 Å². The summed E-state index contributed by atoms with van der Waals surface area (Å²) in [5.41, 5.74) is -0.690. The van der Waals surface area contributed by atoms with Gasteiger partial charge in [-0.1, -0.05) is 87.0 Å². The highest BCUT2D eigenvalue weighted by atomic mass is 16.6. The van der Waals surface area contributed by atoms with E-state index in [1.54, 1.807) is 20.8 Å². The van der Waals surface area contributed by atoms with Crippen LogP contribution in [0.3, 0.4) is 0 Å². The molecule has 0 radical (unpaired) electrons. The maximum Gasteiger partial charge on any atom is 0.408 e. The molecule has 0 heterocycles. The summed E-state index contributed by atoms with van der Waals surface area (Å²) in [6.07, 6.45) is 6.78. The molecule has 0 rings (SSSR count). The molecule has 37 heavy (non-hydrogen) atoms. The van der Waals surface area contributed by atoms with Gasteiger partial charge in [-0.15, -0.1) is 0 Å².